The lowest BCUT2D eigenvalue weighted by Crippen LogP contribution is -2.41. The van der Waals surface area contributed by atoms with Gasteiger partial charge in [-0.1, -0.05) is 42.4 Å². The van der Waals surface area contributed by atoms with Crippen LogP contribution in [0.4, 0.5) is 0 Å². The predicted molar refractivity (Wildman–Crippen MR) is 118 cm³/mol. The normalized spacial score (nSPS) is 17.6. The van der Waals surface area contributed by atoms with Gasteiger partial charge in [-0.05, 0) is 36.8 Å². The van der Waals surface area contributed by atoms with Crippen molar-refractivity contribution in [2.45, 2.75) is 37.5 Å². The predicted octanol–water partition coefficient (Wildman–Crippen LogP) is 3.47. The highest BCUT2D eigenvalue weighted by Crippen LogP contribution is 2.25. The minimum absolute atomic E-state index is 0.0610. The molecule has 0 aliphatic carbocycles. The Morgan fingerprint density at radius 1 is 1.33 bits per heavy atom. The number of rotatable bonds is 8. The third-order valence-corrected chi connectivity index (χ3v) is 7.36. The summed E-state index contributed by atoms with van der Waals surface area (Å²) in [5.74, 6) is 0.365. The molecule has 0 saturated carbocycles. The second kappa shape index (κ2) is 9.98. The summed E-state index contributed by atoms with van der Waals surface area (Å²) in [5.41, 5.74) is 0.954. The van der Waals surface area contributed by atoms with Crippen LogP contribution in [0.2, 0.25) is 5.02 Å². The lowest BCUT2D eigenvalue weighted by molar-refractivity contribution is 0.0674. The standard InChI is InChI=1S/C20H24ClN3O4S2/c1-3-9-28-16-6-4-14(5-7-16)12-24(15-8-10-30(26,27)13-15)19(25)18-17(21)11-22-20(23-18)29-2/h4-7,11,15H,3,8-10,12-13H2,1-2H3/t15-/m0/s1. The van der Waals surface area contributed by atoms with Crippen molar-refractivity contribution in [3.8, 4) is 5.75 Å². The van der Waals surface area contributed by atoms with Gasteiger partial charge in [-0.2, -0.15) is 0 Å². The Bertz CT molecular complexity index is 1000. The van der Waals surface area contributed by atoms with Gasteiger partial charge in [-0.25, -0.2) is 18.4 Å². The maximum Gasteiger partial charge on any atom is 0.274 e. The van der Waals surface area contributed by atoms with Crippen LogP contribution in [0.25, 0.3) is 0 Å². The number of carbonyl (C=O) groups is 1. The molecule has 2 heterocycles. The van der Waals surface area contributed by atoms with Crippen molar-refractivity contribution < 1.29 is 17.9 Å². The summed E-state index contributed by atoms with van der Waals surface area (Å²) in [7, 11) is -3.17. The first kappa shape index (κ1) is 22.8. The number of nitrogens with zero attached hydrogens (tertiary/aromatic N) is 3. The second-order valence-electron chi connectivity index (χ2n) is 7.04. The van der Waals surface area contributed by atoms with Gasteiger partial charge in [-0.15, -0.1) is 0 Å². The number of benzene rings is 1. The van der Waals surface area contributed by atoms with E-state index in [4.69, 9.17) is 16.3 Å². The molecule has 162 valence electrons. The molecule has 7 nitrogen and oxygen atoms in total. The average molecular weight is 470 g/mol. The first-order valence-electron chi connectivity index (χ1n) is 9.62. The number of amides is 1. The summed E-state index contributed by atoms with van der Waals surface area (Å²) in [6, 6.07) is 7.03. The Kier molecular flexibility index (Phi) is 7.60. The minimum Gasteiger partial charge on any atom is -0.494 e. The third kappa shape index (κ3) is 5.65. The Hall–Kier alpha value is -1.84. The topological polar surface area (TPSA) is 89.5 Å². The van der Waals surface area contributed by atoms with E-state index in [0.717, 1.165) is 17.7 Å². The smallest absolute Gasteiger partial charge is 0.274 e. The van der Waals surface area contributed by atoms with Gasteiger partial charge >= 0.3 is 0 Å². The summed E-state index contributed by atoms with van der Waals surface area (Å²) >= 11 is 7.51. The molecule has 0 unspecified atom stereocenters. The first-order valence-corrected chi connectivity index (χ1v) is 13.0. The highest BCUT2D eigenvalue weighted by molar-refractivity contribution is 7.98. The molecule has 0 spiro atoms. The maximum absolute atomic E-state index is 13.4. The monoisotopic (exact) mass is 469 g/mol. The van der Waals surface area contributed by atoms with Gasteiger partial charge in [0.1, 0.15) is 5.75 Å². The Labute approximate surface area is 186 Å². The molecule has 1 saturated heterocycles. The minimum atomic E-state index is -3.17. The lowest BCUT2D eigenvalue weighted by atomic mass is 10.1. The third-order valence-electron chi connectivity index (χ3n) is 4.77. The van der Waals surface area contributed by atoms with Crippen molar-refractivity contribution in [2.75, 3.05) is 24.4 Å². The van der Waals surface area contributed by atoms with Crippen molar-refractivity contribution in [1.29, 1.82) is 0 Å². The molecule has 1 aliphatic rings. The largest absolute Gasteiger partial charge is 0.494 e. The Balaban J connectivity index is 1.88. The van der Waals surface area contributed by atoms with Gasteiger partial charge in [0.25, 0.3) is 5.91 Å². The highest BCUT2D eigenvalue weighted by atomic mass is 35.5. The van der Waals surface area contributed by atoms with Crippen LogP contribution in [-0.4, -0.2) is 59.6 Å². The molecule has 1 fully saturated rings. The molecule has 1 amide bonds. The highest BCUT2D eigenvalue weighted by Gasteiger charge is 2.36. The summed E-state index contributed by atoms with van der Waals surface area (Å²) in [5, 5.41) is 0.575. The van der Waals surface area contributed by atoms with Gasteiger partial charge in [0, 0.05) is 12.6 Å². The number of hydrogen-bond donors (Lipinski definition) is 0. The molecule has 10 heteroatoms. The van der Waals surface area contributed by atoms with Crippen LogP contribution in [0.3, 0.4) is 0 Å². The van der Waals surface area contributed by atoms with E-state index < -0.39 is 21.8 Å². The number of halogens is 1. The zero-order valence-corrected chi connectivity index (χ0v) is 19.3. The van der Waals surface area contributed by atoms with E-state index in [1.54, 1.807) is 11.2 Å². The van der Waals surface area contributed by atoms with Crippen molar-refractivity contribution in [1.82, 2.24) is 14.9 Å². The molecule has 0 radical (unpaired) electrons. The summed E-state index contributed by atoms with van der Waals surface area (Å²) < 4.78 is 29.7. The van der Waals surface area contributed by atoms with Crippen molar-refractivity contribution >= 4 is 39.1 Å². The van der Waals surface area contributed by atoms with Gasteiger partial charge in [0.2, 0.25) is 0 Å². The van der Waals surface area contributed by atoms with Crippen LogP contribution in [0.15, 0.2) is 35.6 Å². The molecular formula is C20H24ClN3O4S2. The van der Waals surface area contributed by atoms with E-state index in [0.29, 0.717) is 18.2 Å². The van der Waals surface area contributed by atoms with Crippen molar-refractivity contribution in [2.24, 2.45) is 0 Å². The fourth-order valence-electron chi connectivity index (χ4n) is 3.23. The van der Waals surface area contributed by atoms with E-state index in [1.807, 2.05) is 31.2 Å². The molecule has 30 heavy (non-hydrogen) atoms. The fourth-order valence-corrected chi connectivity index (χ4v) is 5.47. The number of sulfone groups is 1. The van der Waals surface area contributed by atoms with Crippen LogP contribution in [0, 0.1) is 0 Å². The van der Waals surface area contributed by atoms with Crippen molar-refractivity contribution in [3.63, 3.8) is 0 Å². The number of ether oxygens (including phenoxy) is 1. The molecule has 1 aromatic heterocycles. The first-order chi connectivity index (χ1) is 14.3. The maximum atomic E-state index is 13.4. The zero-order valence-electron chi connectivity index (χ0n) is 16.9. The van der Waals surface area contributed by atoms with Gasteiger partial charge in [0.05, 0.1) is 29.3 Å². The molecule has 1 aliphatic heterocycles. The van der Waals surface area contributed by atoms with E-state index in [-0.39, 0.29) is 28.8 Å². The average Bonchev–Trinajstić information content (AvgIpc) is 3.10. The number of aromatic nitrogens is 2. The molecule has 0 bridgehead atoms. The summed E-state index contributed by atoms with van der Waals surface area (Å²) in [4.78, 5) is 23.3. The molecular weight excluding hydrogens is 446 g/mol. The van der Waals surface area contributed by atoms with Crippen LogP contribution in [-0.2, 0) is 16.4 Å². The summed E-state index contributed by atoms with van der Waals surface area (Å²) in [6.07, 6.45) is 4.51. The SMILES string of the molecule is CCCOc1ccc(CN(C(=O)c2nc(SC)ncc2Cl)[C@H]2CCS(=O)(=O)C2)cc1. The molecule has 0 N–H and O–H groups in total. The lowest BCUT2D eigenvalue weighted by Gasteiger charge is -2.28. The van der Waals surface area contributed by atoms with E-state index >= 15 is 0 Å². The Morgan fingerprint density at radius 2 is 2.07 bits per heavy atom. The van der Waals surface area contributed by atoms with Gasteiger partial charge < -0.3 is 9.64 Å². The zero-order chi connectivity index (χ0) is 21.7. The van der Waals surface area contributed by atoms with Gasteiger partial charge in [0.15, 0.2) is 20.7 Å². The second-order valence-corrected chi connectivity index (χ2v) is 10.4. The van der Waals surface area contributed by atoms with Crippen LogP contribution in [0.1, 0.15) is 35.8 Å². The molecule has 3 rings (SSSR count). The van der Waals surface area contributed by atoms with Gasteiger partial charge in [-0.3, -0.25) is 4.79 Å². The number of thioether (sulfide) groups is 1. The van der Waals surface area contributed by atoms with Crippen LogP contribution >= 0.6 is 23.4 Å². The van der Waals surface area contributed by atoms with Crippen molar-refractivity contribution in [3.05, 3.63) is 46.7 Å². The van der Waals surface area contributed by atoms with Crippen LogP contribution < -0.4 is 4.74 Å². The fraction of sp³-hybridized carbons (Fsp3) is 0.450. The van der Waals surface area contributed by atoms with E-state index in [9.17, 15) is 13.2 Å². The summed E-state index contributed by atoms with van der Waals surface area (Å²) in [6.45, 7) is 2.92. The molecule has 2 aromatic rings. The van der Waals surface area contributed by atoms with E-state index in [1.165, 1.54) is 18.0 Å². The van der Waals surface area contributed by atoms with Crippen LogP contribution in [0.5, 0.6) is 5.75 Å². The number of carbonyl (C=O) groups excluding carboxylic acids is 1. The molecule has 1 atom stereocenters. The van der Waals surface area contributed by atoms with E-state index in [2.05, 4.69) is 9.97 Å². The molecule has 1 aromatic carbocycles. The Morgan fingerprint density at radius 3 is 2.67 bits per heavy atom. The quantitative estimate of drug-likeness (QED) is 0.432. The number of hydrogen-bond acceptors (Lipinski definition) is 7.